The van der Waals surface area contributed by atoms with Crippen molar-refractivity contribution < 1.29 is 14.6 Å². The Hall–Kier alpha value is -2.02. The number of aliphatic hydroxyl groups is 1. The molecule has 8 heteroatoms. The molecule has 28 heavy (non-hydrogen) atoms. The van der Waals surface area contributed by atoms with E-state index in [0.29, 0.717) is 34.7 Å². The monoisotopic (exact) mass is 421 g/mol. The summed E-state index contributed by atoms with van der Waals surface area (Å²) in [6.45, 7) is 5.31. The molecule has 6 nitrogen and oxygen atoms in total. The van der Waals surface area contributed by atoms with Crippen LogP contribution in [0.2, 0.25) is 10.0 Å². The third-order valence-electron chi connectivity index (χ3n) is 5.46. The van der Waals surface area contributed by atoms with Crippen molar-refractivity contribution in [1.82, 2.24) is 10.2 Å². The maximum atomic E-state index is 12.8. The number of amides is 1. The summed E-state index contributed by atoms with van der Waals surface area (Å²) in [6, 6.07) is 5.14. The van der Waals surface area contributed by atoms with Gasteiger partial charge in [0, 0.05) is 13.1 Å². The number of nitrogens with one attached hydrogen (secondary N) is 1. The standard InChI is InChI=1S/C20H21Cl2N3O3/c1-12-17(26)16(18(27)23-11-13-4-5-14(21)15(22)10-13)24-19-20(6-2-3-7-20)28-9-8-25(12)19/h4-5,10,26H,1-3,6-9,11H2,(H,23,27). The molecular formula is C20H21Cl2N3O3. The fourth-order valence-corrected chi connectivity index (χ4v) is 4.31. The number of morpholine rings is 1. The van der Waals surface area contributed by atoms with E-state index in [1.165, 1.54) is 0 Å². The number of carbonyl (C=O) groups is 1. The molecule has 1 amide bonds. The number of hydrogen-bond acceptors (Lipinski definition) is 5. The van der Waals surface area contributed by atoms with Crippen LogP contribution in [0.1, 0.15) is 31.2 Å². The Morgan fingerprint density at radius 3 is 2.79 bits per heavy atom. The number of ether oxygens (including phenoxy) is 1. The molecule has 1 spiro atoms. The van der Waals surface area contributed by atoms with Crippen LogP contribution in [0.5, 0.6) is 0 Å². The van der Waals surface area contributed by atoms with E-state index in [2.05, 4.69) is 16.9 Å². The number of fused-ring (bicyclic) bond motifs is 2. The summed E-state index contributed by atoms with van der Waals surface area (Å²) in [7, 11) is 0. The van der Waals surface area contributed by atoms with Crippen LogP contribution in [-0.2, 0) is 16.1 Å². The molecule has 1 aromatic rings. The highest BCUT2D eigenvalue weighted by molar-refractivity contribution is 6.42. The van der Waals surface area contributed by atoms with E-state index in [4.69, 9.17) is 27.9 Å². The van der Waals surface area contributed by atoms with Crippen molar-refractivity contribution in [3.63, 3.8) is 0 Å². The molecule has 2 N–H and O–H groups in total. The van der Waals surface area contributed by atoms with E-state index in [1.54, 1.807) is 18.2 Å². The van der Waals surface area contributed by atoms with Gasteiger partial charge in [0.15, 0.2) is 11.5 Å². The number of hydrogen-bond donors (Lipinski definition) is 2. The van der Waals surface area contributed by atoms with Gasteiger partial charge in [0.25, 0.3) is 5.91 Å². The van der Waals surface area contributed by atoms with E-state index in [0.717, 1.165) is 31.2 Å². The van der Waals surface area contributed by atoms with Gasteiger partial charge in [-0.25, -0.2) is 4.99 Å². The minimum Gasteiger partial charge on any atom is -0.504 e. The Morgan fingerprint density at radius 1 is 1.32 bits per heavy atom. The van der Waals surface area contributed by atoms with Crippen molar-refractivity contribution in [2.75, 3.05) is 13.2 Å². The van der Waals surface area contributed by atoms with Crippen LogP contribution in [0.25, 0.3) is 0 Å². The van der Waals surface area contributed by atoms with Gasteiger partial charge < -0.3 is 20.1 Å². The van der Waals surface area contributed by atoms with Crippen molar-refractivity contribution >= 4 is 34.9 Å². The highest BCUT2D eigenvalue weighted by Crippen LogP contribution is 2.41. The highest BCUT2D eigenvalue weighted by atomic mass is 35.5. The van der Waals surface area contributed by atoms with Gasteiger partial charge in [-0.2, -0.15) is 0 Å². The number of aliphatic hydroxyl groups excluding tert-OH is 1. The molecule has 148 valence electrons. The summed E-state index contributed by atoms with van der Waals surface area (Å²) in [4.78, 5) is 19.2. The van der Waals surface area contributed by atoms with E-state index < -0.39 is 11.5 Å². The predicted molar refractivity (Wildman–Crippen MR) is 108 cm³/mol. The molecule has 1 aromatic carbocycles. The zero-order valence-electron chi connectivity index (χ0n) is 15.3. The molecule has 0 atom stereocenters. The molecule has 0 radical (unpaired) electrons. The first-order valence-corrected chi connectivity index (χ1v) is 10.0. The lowest BCUT2D eigenvalue weighted by molar-refractivity contribution is -0.118. The van der Waals surface area contributed by atoms with E-state index in [-0.39, 0.29) is 18.0 Å². The zero-order valence-corrected chi connectivity index (χ0v) is 16.8. The first kappa shape index (κ1) is 19.3. The first-order valence-electron chi connectivity index (χ1n) is 9.26. The average Bonchev–Trinajstić information content (AvgIpc) is 3.15. The second-order valence-corrected chi connectivity index (χ2v) is 8.03. The first-order chi connectivity index (χ1) is 13.4. The average molecular weight is 422 g/mol. The van der Waals surface area contributed by atoms with Crippen molar-refractivity contribution in [3.8, 4) is 0 Å². The Morgan fingerprint density at radius 2 is 2.07 bits per heavy atom. The van der Waals surface area contributed by atoms with Crippen molar-refractivity contribution in [2.24, 2.45) is 4.99 Å². The maximum absolute atomic E-state index is 12.8. The van der Waals surface area contributed by atoms with E-state index >= 15 is 0 Å². The van der Waals surface area contributed by atoms with Crippen LogP contribution < -0.4 is 5.32 Å². The lowest BCUT2D eigenvalue weighted by Gasteiger charge is -2.44. The molecule has 0 aromatic heterocycles. The van der Waals surface area contributed by atoms with Crippen LogP contribution in [0.4, 0.5) is 0 Å². The molecule has 1 aliphatic carbocycles. The summed E-state index contributed by atoms with van der Waals surface area (Å²) in [5.41, 5.74) is 0.657. The molecule has 2 fully saturated rings. The molecule has 2 aliphatic heterocycles. The third-order valence-corrected chi connectivity index (χ3v) is 6.20. The topological polar surface area (TPSA) is 74.2 Å². The SMILES string of the molecule is C=C1C(O)=C(C(=O)NCc2ccc(Cl)c(Cl)c2)N=C2N1CCOC21CCCC1. The fourth-order valence-electron chi connectivity index (χ4n) is 3.99. The predicted octanol–water partition coefficient (Wildman–Crippen LogP) is 3.95. The largest absolute Gasteiger partial charge is 0.504 e. The number of rotatable bonds is 3. The Kier molecular flexibility index (Phi) is 5.12. The number of nitrogens with zero attached hydrogens (tertiary/aromatic N) is 2. The van der Waals surface area contributed by atoms with Gasteiger partial charge >= 0.3 is 0 Å². The maximum Gasteiger partial charge on any atom is 0.274 e. The molecule has 0 unspecified atom stereocenters. The number of halogens is 2. The van der Waals surface area contributed by atoms with Crippen LogP contribution in [0, 0.1) is 0 Å². The highest BCUT2D eigenvalue weighted by Gasteiger charge is 2.48. The Labute approximate surface area is 173 Å². The molecular weight excluding hydrogens is 401 g/mol. The number of benzene rings is 1. The molecule has 1 saturated carbocycles. The molecule has 2 heterocycles. The molecule has 4 rings (SSSR count). The van der Waals surface area contributed by atoms with Crippen LogP contribution in [0.3, 0.4) is 0 Å². The fraction of sp³-hybridized carbons (Fsp3) is 0.400. The lowest BCUT2D eigenvalue weighted by atomic mass is 9.95. The van der Waals surface area contributed by atoms with Gasteiger partial charge in [0.2, 0.25) is 0 Å². The summed E-state index contributed by atoms with van der Waals surface area (Å²) >= 11 is 11.9. The number of amidine groups is 1. The summed E-state index contributed by atoms with van der Waals surface area (Å²) in [5.74, 6) is -0.000217. The Bertz CT molecular complexity index is 904. The van der Waals surface area contributed by atoms with Gasteiger partial charge in [-0.15, -0.1) is 0 Å². The van der Waals surface area contributed by atoms with Crippen molar-refractivity contribution in [2.45, 2.75) is 37.8 Å². The van der Waals surface area contributed by atoms with Crippen molar-refractivity contribution in [3.05, 3.63) is 57.5 Å². The third kappa shape index (κ3) is 3.30. The van der Waals surface area contributed by atoms with Gasteiger partial charge in [-0.3, -0.25) is 4.79 Å². The van der Waals surface area contributed by atoms with Crippen molar-refractivity contribution in [1.29, 1.82) is 0 Å². The van der Waals surface area contributed by atoms with Gasteiger partial charge in [-0.1, -0.05) is 35.8 Å². The minimum absolute atomic E-state index is 0.0342. The minimum atomic E-state index is -0.489. The molecule has 0 bridgehead atoms. The smallest absolute Gasteiger partial charge is 0.274 e. The van der Waals surface area contributed by atoms with E-state index in [9.17, 15) is 9.90 Å². The number of carbonyl (C=O) groups excluding carboxylic acids is 1. The summed E-state index contributed by atoms with van der Waals surface area (Å²) in [6.07, 6.45) is 3.81. The lowest BCUT2D eigenvalue weighted by Crippen LogP contribution is -2.56. The van der Waals surface area contributed by atoms with Gasteiger partial charge in [-0.05, 0) is 43.4 Å². The van der Waals surface area contributed by atoms with Gasteiger partial charge in [0.1, 0.15) is 11.4 Å². The number of aliphatic imine (C=N–C) groups is 1. The summed E-state index contributed by atoms with van der Waals surface area (Å²) < 4.78 is 6.08. The Balaban J connectivity index is 1.58. The second kappa shape index (κ2) is 7.43. The van der Waals surface area contributed by atoms with Crippen LogP contribution >= 0.6 is 23.2 Å². The summed E-state index contributed by atoms with van der Waals surface area (Å²) in [5, 5.41) is 14.2. The molecule has 3 aliphatic rings. The molecule has 1 saturated heterocycles. The van der Waals surface area contributed by atoms with Crippen LogP contribution in [-0.4, -0.2) is 40.5 Å². The second-order valence-electron chi connectivity index (χ2n) is 7.21. The van der Waals surface area contributed by atoms with Gasteiger partial charge in [0.05, 0.1) is 22.3 Å². The zero-order chi connectivity index (χ0) is 19.9. The van der Waals surface area contributed by atoms with Crippen LogP contribution in [0.15, 0.2) is 46.9 Å². The normalized spacial score (nSPS) is 21.0. The van der Waals surface area contributed by atoms with E-state index in [1.807, 2.05) is 4.90 Å². The quantitative estimate of drug-likeness (QED) is 0.774.